The van der Waals surface area contributed by atoms with Crippen molar-refractivity contribution in [3.8, 4) is 0 Å². The first kappa shape index (κ1) is 20.4. The molecule has 0 saturated carbocycles. The molecule has 0 atom stereocenters. The van der Waals surface area contributed by atoms with Crippen molar-refractivity contribution < 1.29 is 22.7 Å². The number of ketones is 1. The summed E-state index contributed by atoms with van der Waals surface area (Å²) in [7, 11) is -3.56. The van der Waals surface area contributed by atoms with Crippen molar-refractivity contribution >= 4 is 27.5 Å². The monoisotopic (exact) mass is 390 g/mol. The topological polar surface area (TPSA) is 94.5 Å². The van der Waals surface area contributed by atoms with Gasteiger partial charge in [-0.15, -0.1) is 6.58 Å². The lowest BCUT2D eigenvalue weighted by molar-refractivity contribution is 0.0475. The second kappa shape index (κ2) is 8.22. The maximum absolute atomic E-state index is 12.5. The highest BCUT2D eigenvalue weighted by molar-refractivity contribution is 7.92. The van der Waals surface area contributed by atoms with E-state index in [0.29, 0.717) is 12.1 Å². The second-order valence-electron chi connectivity index (χ2n) is 6.10. The zero-order valence-electron chi connectivity index (χ0n) is 15.5. The van der Waals surface area contributed by atoms with Crippen molar-refractivity contribution in [2.45, 2.75) is 20.4 Å². The number of sulfonamides is 1. The smallest absolute Gasteiger partial charge is 0.340 e. The van der Waals surface area contributed by atoms with Crippen molar-refractivity contribution in [2.24, 2.45) is 0 Å². The number of hydrogen-bond acceptors (Lipinski definition) is 5. The van der Waals surface area contributed by atoms with E-state index in [9.17, 15) is 18.0 Å². The summed E-state index contributed by atoms with van der Waals surface area (Å²) in [6, 6.07) is 7.78. The Hall–Kier alpha value is -2.87. The lowest BCUT2D eigenvalue weighted by atomic mass is 10.1. The van der Waals surface area contributed by atoms with Gasteiger partial charge < -0.3 is 9.30 Å². The zero-order valence-corrected chi connectivity index (χ0v) is 16.3. The van der Waals surface area contributed by atoms with Gasteiger partial charge in [-0.2, -0.15) is 0 Å². The number of rotatable bonds is 8. The van der Waals surface area contributed by atoms with Crippen LogP contribution in [-0.2, 0) is 21.3 Å². The molecular formula is C19H22N2O5S. The zero-order chi connectivity index (χ0) is 20.2. The fourth-order valence-electron chi connectivity index (χ4n) is 2.73. The number of Topliss-reactive ketones (excluding diaryl/α,β-unsaturated/α-hetero) is 1. The molecule has 8 heteroatoms. The number of nitrogens with zero attached hydrogens (tertiary/aromatic N) is 1. The van der Waals surface area contributed by atoms with Crippen molar-refractivity contribution in [1.29, 1.82) is 0 Å². The highest BCUT2D eigenvalue weighted by atomic mass is 32.2. The van der Waals surface area contributed by atoms with E-state index in [1.54, 1.807) is 24.3 Å². The summed E-state index contributed by atoms with van der Waals surface area (Å²) in [6.07, 6.45) is 2.72. The van der Waals surface area contributed by atoms with E-state index in [0.717, 1.165) is 17.6 Å². The number of carbonyl (C=O) groups excluding carboxylic acids is 2. The van der Waals surface area contributed by atoms with Gasteiger partial charge in [-0.05, 0) is 32.0 Å². The molecule has 1 aromatic heterocycles. The summed E-state index contributed by atoms with van der Waals surface area (Å²) in [5, 5.41) is 0. The number of para-hydroxylation sites is 1. The summed E-state index contributed by atoms with van der Waals surface area (Å²) in [5.41, 5.74) is 2.29. The van der Waals surface area contributed by atoms with Gasteiger partial charge in [0.15, 0.2) is 6.61 Å². The van der Waals surface area contributed by atoms with Crippen LogP contribution < -0.4 is 4.72 Å². The molecule has 27 heavy (non-hydrogen) atoms. The predicted octanol–water partition coefficient (Wildman–Crippen LogP) is 2.70. The highest BCUT2D eigenvalue weighted by Crippen LogP contribution is 2.19. The molecule has 0 radical (unpaired) electrons. The van der Waals surface area contributed by atoms with Gasteiger partial charge in [0.05, 0.1) is 17.5 Å². The molecule has 0 aliphatic carbocycles. The summed E-state index contributed by atoms with van der Waals surface area (Å²) >= 11 is 0. The Morgan fingerprint density at radius 2 is 1.89 bits per heavy atom. The van der Waals surface area contributed by atoms with E-state index in [-0.39, 0.29) is 17.0 Å². The molecule has 0 aliphatic heterocycles. The van der Waals surface area contributed by atoms with E-state index in [1.165, 1.54) is 12.1 Å². The Bertz CT molecular complexity index is 990. The quantitative estimate of drug-likeness (QED) is 0.425. The minimum atomic E-state index is -3.56. The van der Waals surface area contributed by atoms with E-state index < -0.39 is 22.6 Å². The average molecular weight is 390 g/mol. The fourth-order valence-corrected chi connectivity index (χ4v) is 3.31. The number of anilines is 1. The Labute approximate surface area is 158 Å². The molecule has 0 bridgehead atoms. The molecule has 1 aromatic carbocycles. The van der Waals surface area contributed by atoms with E-state index in [4.69, 9.17) is 4.74 Å². The van der Waals surface area contributed by atoms with Gasteiger partial charge in [0, 0.05) is 23.5 Å². The highest BCUT2D eigenvalue weighted by Gasteiger charge is 2.19. The molecule has 0 fully saturated rings. The number of allylic oxidation sites excluding steroid dienone is 1. The van der Waals surface area contributed by atoms with Crippen LogP contribution in [0.5, 0.6) is 0 Å². The molecular weight excluding hydrogens is 368 g/mol. The van der Waals surface area contributed by atoms with Gasteiger partial charge in [0.2, 0.25) is 15.8 Å². The van der Waals surface area contributed by atoms with Gasteiger partial charge in [0.1, 0.15) is 0 Å². The van der Waals surface area contributed by atoms with Crippen LogP contribution in [0.4, 0.5) is 5.69 Å². The summed E-state index contributed by atoms with van der Waals surface area (Å²) in [6.45, 7) is 7.53. The van der Waals surface area contributed by atoms with Crippen LogP contribution in [-0.4, -0.2) is 37.6 Å². The SMILES string of the molecule is C=CCn1c(C)cc(C(=O)COC(=O)c2ccccc2NS(C)(=O)=O)c1C. The molecule has 1 heterocycles. The number of aromatic nitrogens is 1. The molecule has 1 N–H and O–H groups in total. The van der Waals surface area contributed by atoms with Gasteiger partial charge in [-0.1, -0.05) is 18.2 Å². The molecule has 0 saturated heterocycles. The van der Waals surface area contributed by atoms with Crippen LogP contribution in [0.15, 0.2) is 43.0 Å². The predicted molar refractivity (Wildman–Crippen MR) is 104 cm³/mol. The molecule has 0 aliphatic rings. The second-order valence-corrected chi connectivity index (χ2v) is 7.85. The number of nitrogens with one attached hydrogen (secondary N) is 1. The van der Waals surface area contributed by atoms with Crippen molar-refractivity contribution in [3.63, 3.8) is 0 Å². The first-order chi connectivity index (χ1) is 12.6. The number of hydrogen-bond donors (Lipinski definition) is 1. The third-order valence-corrected chi connectivity index (χ3v) is 4.55. The van der Waals surface area contributed by atoms with E-state index in [2.05, 4.69) is 11.3 Å². The van der Waals surface area contributed by atoms with Crippen molar-refractivity contribution in [1.82, 2.24) is 4.57 Å². The molecule has 0 unspecified atom stereocenters. The number of aryl methyl sites for hydroxylation is 1. The maximum atomic E-state index is 12.5. The maximum Gasteiger partial charge on any atom is 0.340 e. The van der Waals surface area contributed by atoms with Crippen LogP contribution in [0.2, 0.25) is 0 Å². The van der Waals surface area contributed by atoms with Crippen molar-refractivity contribution in [2.75, 3.05) is 17.6 Å². The summed E-state index contributed by atoms with van der Waals surface area (Å²) < 4.78 is 32.2. The molecule has 144 valence electrons. The summed E-state index contributed by atoms with van der Waals surface area (Å²) in [4.78, 5) is 24.8. The molecule has 2 rings (SSSR count). The largest absolute Gasteiger partial charge is 0.454 e. The van der Waals surface area contributed by atoms with E-state index >= 15 is 0 Å². The minimum Gasteiger partial charge on any atom is -0.454 e. The van der Waals surface area contributed by atoms with Gasteiger partial charge in [-0.3, -0.25) is 9.52 Å². The summed E-state index contributed by atoms with van der Waals surface area (Å²) in [5.74, 6) is -1.12. The minimum absolute atomic E-state index is 0.0351. The number of ether oxygens (including phenoxy) is 1. The third kappa shape index (κ3) is 5.07. The number of benzene rings is 1. The van der Waals surface area contributed by atoms with Gasteiger partial charge >= 0.3 is 5.97 Å². The Balaban J connectivity index is 2.14. The lowest BCUT2D eigenvalue weighted by Gasteiger charge is -2.10. The van der Waals surface area contributed by atoms with Gasteiger partial charge in [-0.25, -0.2) is 13.2 Å². The molecule has 0 amide bonds. The molecule has 7 nitrogen and oxygen atoms in total. The number of carbonyl (C=O) groups is 2. The Morgan fingerprint density at radius 1 is 1.22 bits per heavy atom. The van der Waals surface area contributed by atoms with Crippen LogP contribution >= 0.6 is 0 Å². The van der Waals surface area contributed by atoms with Crippen LogP contribution in [0.1, 0.15) is 32.1 Å². The average Bonchev–Trinajstić information content (AvgIpc) is 2.87. The third-order valence-electron chi connectivity index (χ3n) is 3.96. The number of esters is 1. The van der Waals surface area contributed by atoms with Gasteiger partial charge in [0.25, 0.3) is 0 Å². The van der Waals surface area contributed by atoms with Crippen molar-refractivity contribution in [3.05, 3.63) is 65.5 Å². The standard InChI is InChI=1S/C19H22N2O5S/c1-5-10-21-13(2)11-16(14(21)3)18(22)12-26-19(23)15-8-6-7-9-17(15)20-27(4,24)25/h5-9,11,20H,1,10,12H2,2-4H3. The van der Waals surface area contributed by atoms with Crippen LogP contribution in [0.25, 0.3) is 0 Å². The Morgan fingerprint density at radius 3 is 2.52 bits per heavy atom. The Kier molecular flexibility index (Phi) is 6.22. The van der Waals surface area contributed by atoms with E-state index in [1.807, 2.05) is 18.4 Å². The van der Waals surface area contributed by atoms with Crippen LogP contribution in [0, 0.1) is 13.8 Å². The first-order valence-electron chi connectivity index (χ1n) is 8.18. The first-order valence-corrected chi connectivity index (χ1v) is 10.1. The fraction of sp³-hybridized carbons (Fsp3) is 0.263. The lowest BCUT2D eigenvalue weighted by Crippen LogP contribution is -2.18. The van der Waals surface area contributed by atoms with Crippen LogP contribution in [0.3, 0.4) is 0 Å². The molecule has 0 spiro atoms. The molecule has 2 aromatic rings. The normalized spacial score (nSPS) is 11.1.